The summed E-state index contributed by atoms with van der Waals surface area (Å²) in [4.78, 5) is 14.0. The second kappa shape index (κ2) is 8.47. The highest BCUT2D eigenvalue weighted by Crippen LogP contribution is 2.45. The van der Waals surface area contributed by atoms with Crippen LogP contribution in [0, 0.1) is 5.92 Å². The number of imidazole rings is 1. The lowest BCUT2D eigenvalue weighted by atomic mass is 10.0. The summed E-state index contributed by atoms with van der Waals surface area (Å²) in [5.41, 5.74) is 3.79. The van der Waals surface area contributed by atoms with Crippen molar-refractivity contribution in [3.05, 3.63) is 71.3 Å². The second-order valence-corrected chi connectivity index (χ2v) is 8.27. The highest BCUT2D eigenvalue weighted by Gasteiger charge is 2.36. The van der Waals surface area contributed by atoms with Crippen LogP contribution in [0.1, 0.15) is 37.2 Å². The third kappa shape index (κ3) is 3.81. The first-order chi connectivity index (χ1) is 15.6. The number of nitrogens with zero attached hydrogens (tertiary/aromatic N) is 4. The van der Waals surface area contributed by atoms with Gasteiger partial charge in [-0.05, 0) is 42.5 Å². The van der Waals surface area contributed by atoms with Crippen molar-refractivity contribution in [2.45, 2.75) is 38.8 Å². The number of alkyl halides is 2. The van der Waals surface area contributed by atoms with Crippen molar-refractivity contribution >= 4 is 22.8 Å². The molecule has 164 valence electrons. The first kappa shape index (κ1) is 20.8. The number of aryl methyl sites for hydroxylation is 1. The zero-order chi connectivity index (χ0) is 22.2. The van der Waals surface area contributed by atoms with Crippen LogP contribution in [-0.2, 0) is 6.42 Å². The predicted octanol–water partition coefficient (Wildman–Crippen LogP) is 6.31. The molecule has 5 rings (SSSR count). The SMILES string of the molecule is CCc1nc2c(-c3ccc(OC(F)F)cc3Cl)ncnc2n1C(c1ccccc1)C1CC1. The zero-order valence-corrected chi connectivity index (χ0v) is 18.1. The van der Waals surface area contributed by atoms with Crippen LogP contribution in [0.3, 0.4) is 0 Å². The molecule has 2 aromatic carbocycles. The number of benzene rings is 2. The van der Waals surface area contributed by atoms with Gasteiger partial charge >= 0.3 is 6.61 Å². The molecular formula is C24H21ClF2N4O. The fraction of sp³-hybridized carbons (Fsp3) is 0.292. The average Bonchev–Trinajstić information content (AvgIpc) is 3.55. The van der Waals surface area contributed by atoms with Gasteiger partial charge in [0.2, 0.25) is 0 Å². The van der Waals surface area contributed by atoms with Crippen molar-refractivity contribution in [2.24, 2.45) is 5.92 Å². The molecule has 1 unspecified atom stereocenters. The van der Waals surface area contributed by atoms with Crippen LogP contribution in [0.15, 0.2) is 54.9 Å². The minimum absolute atomic E-state index is 0.00305. The summed E-state index contributed by atoms with van der Waals surface area (Å²) in [5.74, 6) is 1.46. The van der Waals surface area contributed by atoms with E-state index in [4.69, 9.17) is 16.6 Å². The molecule has 4 aromatic rings. The largest absolute Gasteiger partial charge is 0.435 e. The molecule has 5 nitrogen and oxygen atoms in total. The molecule has 8 heteroatoms. The lowest BCUT2D eigenvalue weighted by Gasteiger charge is -2.21. The van der Waals surface area contributed by atoms with Crippen LogP contribution in [-0.4, -0.2) is 26.1 Å². The molecule has 1 fully saturated rings. The van der Waals surface area contributed by atoms with Gasteiger partial charge < -0.3 is 9.30 Å². The van der Waals surface area contributed by atoms with Crippen LogP contribution in [0.2, 0.25) is 5.02 Å². The summed E-state index contributed by atoms with van der Waals surface area (Å²) in [6, 6.07) is 15.0. The minimum Gasteiger partial charge on any atom is -0.435 e. The van der Waals surface area contributed by atoms with E-state index in [1.165, 1.54) is 24.0 Å². The van der Waals surface area contributed by atoms with Crippen molar-refractivity contribution in [1.29, 1.82) is 0 Å². The van der Waals surface area contributed by atoms with E-state index in [0.29, 0.717) is 22.7 Å². The molecule has 1 aliphatic carbocycles. The molecule has 0 radical (unpaired) electrons. The number of halogens is 3. The molecule has 0 amide bonds. The van der Waals surface area contributed by atoms with Crippen LogP contribution < -0.4 is 4.74 Å². The molecule has 1 atom stereocenters. The maximum absolute atomic E-state index is 12.6. The van der Waals surface area contributed by atoms with Crippen LogP contribution in [0.5, 0.6) is 5.75 Å². The minimum atomic E-state index is -2.91. The van der Waals surface area contributed by atoms with Crippen molar-refractivity contribution in [1.82, 2.24) is 19.5 Å². The Morgan fingerprint density at radius 3 is 2.56 bits per heavy atom. The highest BCUT2D eigenvalue weighted by atomic mass is 35.5. The Morgan fingerprint density at radius 2 is 1.91 bits per heavy atom. The number of aromatic nitrogens is 4. The Labute approximate surface area is 189 Å². The van der Waals surface area contributed by atoms with E-state index >= 15 is 0 Å². The van der Waals surface area contributed by atoms with Gasteiger partial charge in [0.05, 0.1) is 11.1 Å². The normalized spacial score (nSPS) is 14.8. The van der Waals surface area contributed by atoms with E-state index in [1.54, 1.807) is 6.07 Å². The summed E-state index contributed by atoms with van der Waals surface area (Å²) in [5, 5.41) is 0.262. The van der Waals surface area contributed by atoms with Crippen LogP contribution >= 0.6 is 11.6 Å². The number of hydrogen-bond acceptors (Lipinski definition) is 4. The fourth-order valence-corrected chi connectivity index (χ4v) is 4.51. The van der Waals surface area contributed by atoms with Gasteiger partial charge in [-0.1, -0.05) is 48.9 Å². The van der Waals surface area contributed by atoms with Gasteiger partial charge in [-0.2, -0.15) is 8.78 Å². The average molecular weight is 455 g/mol. The van der Waals surface area contributed by atoms with E-state index < -0.39 is 6.61 Å². The fourth-order valence-electron chi connectivity index (χ4n) is 4.25. The van der Waals surface area contributed by atoms with E-state index in [0.717, 1.165) is 30.7 Å². The van der Waals surface area contributed by atoms with Crippen molar-refractivity contribution in [3.8, 4) is 17.0 Å². The van der Waals surface area contributed by atoms with Gasteiger partial charge in [-0.25, -0.2) is 15.0 Å². The van der Waals surface area contributed by atoms with Gasteiger partial charge in [0, 0.05) is 12.0 Å². The van der Waals surface area contributed by atoms with Gasteiger partial charge in [0.25, 0.3) is 0 Å². The third-order valence-electron chi connectivity index (χ3n) is 5.77. The number of fused-ring (bicyclic) bond motifs is 1. The van der Waals surface area contributed by atoms with Gasteiger partial charge in [-0.3, -0.25) is 0 Å². The Kier molecular flexibility index (Phi) is 5.51. The molecule has 1 aliphatic rings. The van der Waals surface area contributed by atoms with Crippen LogP contribution in [0.4, 0.5) is 8.78 Å². The van der Waals surface area contributed by atoms with Gasteiger partial charge in [0.15, 0.2) is 5.65 Å². The van der Waals surface area contributed by atoms with E-state index in [9.17, 15) is 8.78 Å². The Morgan fingerprint density at radius 1 is 1.12 bits per heavy atom. The van der Waals surface area contributed by atoms with Crippen molar-refractivity contribution < 1.29 is 13.5 Å². The van der Waals surface area contributed by atoms with Crippen molar-refractivity contribution in [2.75, 3.05) is 0 Å². The lowest BCUT2D eigenvalue weighted by Crippen LogP contribution is -2.16. The van der Waals surface area contributed by atoms with Crippen LogP contribution in [0.25, 0.3) is 22.4 Å². The number of rotatable bonds is 7. The smallest absolute Gasteiger partial charge is 0.387 e. The molecule has 1 saturated carbocycles. The molecular weight excluding hydrogens is 434 g/mol. The summed E-state index contributed by atoms with van der Waals surface area (Å²) in [7, 11) is 0. The van der Waals surface area contributed by atoms with Gasteiger partial charge in [-0.15, -0.1) is 0 Å². The van der Waals surface area contributed by atoms with Gasteiger partial charge in [0.1, 0.15) is 29.1 Å². The Balaban J connectivity index is 1.66. The molecule has 32 heavy (non-hydrogen) atoms. The predicted molar refractivity (Wildman–Crippen MR) is 119 cm³/mol. The van der Waals surface area contributed by atoms with Crippen molar-refractivity contribution in [3.63, 3.8) is 0 Å². The number of hydrogen-bond donors (Lipinski definition) is 0. The lowest BCUT2D eigenvalue weighted by molar-refractivity contribution is -0.0498. The summed E-state index contributed by atoms with van der Waals surface area (Å²) < 4.78 is 31.8. The molecule has 0 spiro atoms. The molecule has 2 heterocycles. The maximum Gasteiger partial charge on any atom is 0.387 e. The molecule has 0 saturated heterocycles. The summed E-state index contributed by atoms with van der Waals surface area (Å²) in [6.07, 6.45) is 4.57. The highest BCUT2D eigenvalue weighted by molar-refractivity contribution is 6.33. The Bertz CT molecular complexity index is 1260. The number of ether oxygens (including phenoxy) is 1. The maximum atomic E-state index is 12.6. The first-order valence-electron chi connectivity index (χ1n) is 10.6. The van der Waals surface area contributed by atoms with E-state index in [2.05, 4.69) is 50.5 Å². The summed E-state index contributed by atoms with van der Waals surface area (Å²) >= 11 is 6.43. The second-order valence-electron chi connectivity index (χ2n) is 7.86. The molecule has 0 N–H and O–H groups in total. The quantitative estimate of drug-likeness (QED) is 0.328. The molecule has 2 aromatic heterocycles. The monoisotopic (exact) mass is 454 g/mol. The standard InChI is InChI=1S/C24H21ClF2N4O/c1-2-19-30-21-20(17-11-10-16(12-18(17)25)32-24(26)27)28-13-29-23(21)31(19)22(15-8-9-15)14-6-4-3-5-7-14/h3-7,10-13,15,22,24H,2,8-9H2,1H3. The zero-order valence-electron chi connectivity index (χ0n) is 17.4. The topological polar surface area (TPSA) is 52.8 Å². The third-order valence-corrected chi connectivity index (χ3v) is 6.09. The molecule has 0 bridgehead atoms. The first-order valence-corrected chi connectivity index (χ1v) is 11.0. The molecule has 0 aliphatic heterocycles. The van der Waals surface area contributed by atoms with E-state index in [-0.39, 0.29) is 16.8 Å². The summed E-state index contributed by atoms with van der Waals surface area (Å²) in [6.45, 7) is -0.841. The van der Waals surface area contributed by atoms with E-state index in [1.807, 2.05) is 6.07 Å². The Hall–Kier alpha value is -3.06.